The first-order valence-corrected chi connectivity index (χ1v) is 6.96. The van der Waals surface area contributed by atoms with Crippen molar-refractivity contribution in [1.29, 1.82) is 0 Å². The van der Waals surface area contributed by atoms with Crippen LogP contribution in [0, 0.1) is 17.6 Å². The third kappa shape index (κ3) is 3.31. The molecule has 0 spiro atoms. The monoisotopic (exact) mass is 268 g/mol. The van der Waals surface area contributed by atoms with Gasteiger partial charge in [0.1, 0.15) is 0 Å². The Hall–Kier alpha value is -1.00. The van der Waals surface area contributed by atoms with E-state index in [0.29, 0.717) is 11.5 Å². The van der Waals surface area contributed by atoms with Crippen LogP contribution in [-0.2, 0) is 0 Å². The van der Waals surface area contributed by atoms with Crippen molar-refractivity contribution in [3.8, 4) is 0 Å². The van der Waals surface area contributed by atoms with Gasteiger partial charge in [-0.25, -0.2) is 8.78 Å². The predicted octanol–water partition coefficient (Wildman–Crippen LogP) is 2.96. The van der Waals surface area contributed by atoms with Crippen LogP contribution in [0.4, 0.5) is 8.78 Å². The molecule has 1 aliphatic heterocycles. The van der Waals surface area contributed by atoms with E-state index in [4.69, 9.17) is 0 Å². The first-order valence-electron chi connectivity index (χ1n) is 6.96. The van der Waals surface area contributed by atoms with Crippen LogP contribution in [-0.4, -0.2) is 31.6 Å². The maximum Gasteiger partial charge on any atom is 0.163 e. The highest BCUT2D eigenvalue weighted by Crippen LogP contribution is 2.28. The summed E-state index contributed by atoms with van der Waals surface area (Å²) in [5, 5.41) is 3.20. The molecule has 2 nitrogen and oxygen atoms in total. The minimum atomic E-state index is -0.756. The molecule has 1 aromatic carbocycles. The summed E-state index contributed by atoms with van der Waals surface area (Å²) in [7, 11) is 1.95. The molecule has 1 heterocycles. The lowest BCUT2D eigenvalue weighted by Crippen LogP contribution is -2.40. The first-order chi connectivity index (χ1) is 9.13. The van der Waals surface area contributed by atoms with Gasteiger partial charge in [-0.05, 0) is 51.9 Å². The predicted molar refractivity (Wildman–Crippen MR) is 73.0 cm³/mol. The molecule has 106 valence electrons. The summed E-state index contributed by atoms with van der Waals surface area (Å²) >= 11 is 0. The van der Waals surface area contributed by atoms with E-state index in [0.717, 1.165) is 26.1 Å². The van der Waals surface area contributed by atoms with Gasteiger partial charge in [-0.3, -0.25) is 4.90 Å². The molecule has 19 heavy (non-hydrogen) atoms. The standard InChI is InChI=1S/C15H22F2N2/c1-11(13-6-3-7-14(16)15(13)17)19-8-4-5-12(10-19)9-18-2/h3,6-7,11-12,18H,4-5,8-10H2,1-2H3. The summed E-state index contributed by atoms with van der Waals surface area (Å²) in [6.07, 6.45) is 2.32. The van der Waals surface area contributed by atoms with Crippen LogP contribution < -0.4 is 5.32 Å². The number of halogens is 2. The number of likely N-dealkylation sites (tertiary alicyclic amines) is 1. The van der Waals surface area contributed by atoms with Gasteiger partial charge in [0.2, 0.25) is 0 Å². The molecule has 2 rings (SSSR count). The van der Waals surface area contributed by atoms with Crippen molar-refractivity contribution >= 4 is 0 Å². The summed E-state index contributed by atoms with van der Waals surface area (Å²) in [4.78, 5) is 2.25. The lowest BCUT2D eigenvalue weighted by atomic mass is 9.95. The number of hydrogen-bond acceptors (Lipinski definition) is 2. The van der Waals surface area contributed by atoms with Crippen LogP contribution in [0.3, 0.4) is 0 Å². The van der Waals surface area contributed by atoms with Gasteiger partial charge in [-0.2, -0.15) is 0 Å². The molecule has 0 amide bonds. The second kappa shape index (κ2) is 6.44. The van der Waals surface area contributed by atoms with Crippen LogP contribution in [0.5, 0.6) is 0 Å². The van der Waals surface area contributed by atoms with E-state index in [2.05, 4.69) is 10.2 Å². The molecule has 1 aromatic rings. The minimum absolute atomic E-state index is 0.0737. The van der Waals surface area contributed by atoms with Gasteiger partial charge in [-0.1, -0.05) is 12.1 Å². The molecule has 0 saturated carbocycles. The van der Waals surface area contributed by atoms with E-state index in [1.165, 1.54) is 12.5 Å². The zero-order valence-corrected chi connectivity index (χ0v) is 11.6. The van der Waals surface area contributed by atoms with Crippen LogP contribution >= 0.6 is 0 Å². The maximum atomic E-state index is 13.8. The highest BCUT2D eigenvalue weighted by molar-refractivity contribution is 5.22. The largest absolute Gasteiger partial charge is 0.319 e. The molecule has 2 atom stereocenters. The van der Waals surface area contributed by atoms with Gasteiger partial charge >= 0.3 is 0 Å². The summed E-state index contributed by atoms with van der Waals surface area (Å²) in [6.45, 7) is 4.84. The number of nitrogens with zero attached hydrogens (tertiary/aromatic N) is 1. The Morgan fingerprint density at radius 2 is 2.21 bits per heavy atom. The summed E-state index contributed by atoms with van der Waals surface area (Å²) in [6, 6.07) is 4.37. The van der Waals surface area contributed by atoms with Crippen LogP contribution in [0.2, 0.25) is 0 Å². The van der Waals surface area contributed by atoms with Crippen molar-refractivity contribution < 1.29 is 8.78 Å². The van der Waals surface area contributed by atoms with E-state index >= 15 is 0 Å². The zero-order chi connectivity index (χ0) is 13.8. The van der Waals surface area contributed by atoms with Crippen LogP contribution in [0.15, 0.2) is 18.2 Å². The number of rotatable bonds is 4. The van der Waals surface area contributed by atoms with Crippen molar-refractivity contribution in [3.63, 3.8) is 0 Å². The fourth-order valence-electron chi connectivity index (χ4n) is 2.94. The average molecular weight is 268 g/mol. The molecule has 1 saturated heterocycles. The first kappa shape index (κ1) is 14.4. The van der Waals surface area contributed by atoms with Crippen molar-refractivity contribution in [2.45, 2.75) is 25.8 Å². The average Bonchev–Trinajstić information content (AvgIpc) is 2.42. The number of benzene rings is 1. The van der Waals surface area contributed by atoms with Gasteiger partial charge in [0.15, 0.2) is 11.6 Å². The van der Waals surface area contributed by atoms with Gasteiger partial charge in [0.05, 0.1) is 0 Å². The van der Waals surface area contributed by atoms with E-state index in [1.807, 2.05) is 14.0 Å². The fraction of sp³-hybridized carbons (Fsp3) is 0.600. The Bertz CT molecular complexity index is 421. The van der Waals surface area contributed by atoms with Crippen molar-refractivity contribution in [2.75, 3.05) is 26.7 Å². The quantitative estimate of drug-likeness (QED) is 0.903. The molecule has 1 N–H and O–H groups in total. The van der Waals surface area contributed by atoms with E-state index < -0.39 is 11.6 Å². The molecule has 1 aliphatic rings. The molecular formula is C15H22F2N2. The van der Waals surface area contributed by atoms with Gasteiger partial charge in [0.25, 0.3) is 0 Å². The molecule has 1 fully saturated rings. The highest BCUT2D eigenvalue weighted by Gasteiger charge is 2.26. The van der Waals surface area contributed by atoms with Crippen molar-refractivity contribution in [1.82, 2.24) is 10.2 Å². The summed E-state index contributed by atoms with van der Waals surface area (Å²) in [5.41, 5.74) is 0.463. The van der Waals surface area contributed by atoms with Crippen LogP contribution in [0.25, 0.3) is 0 Å². The van der Waals surface area contributed by atoms with Crippen LogP contribution in [0.1, 0.15) is 31.4 Å². The smallest absolute Gasteiger partial charge is 0.163 e. The molecule has 0 bridgehead atoms. The highest BCUT2D eigenvalue weighted by atomic mass is 19.2. The second-order valence-corrected chi connectivity index (χ2v) is 5.38. The molecule has 2 unspecified atom stereocenters. The Morgan fingerprint density at radius 1 is 1.42 bits per heavy atom. The van der Waals surface area contributed by atoms with E-state index in [-0.39, 0.29) is 6.04 Å². The maximum absolute atomic E-state index is 13.8. The lowest BCUT2D eigenvalue weighted by Gasteiger charge is -2.37. The zero-order valence-electron chi connectivity index (χ0n) is 11.6. The fourth-order valence-corrected chi connectivity index (χ4v) is 2.94. The molecule has 4 heteroatoms. The van der Waals surface area contributed by atoms with Gasteiger partial charge < -0.3 is 5.32 Å². The summed E-state index contributed by atoms with van der Waals surface area (Å²) in [5.74, 6) is -0.864. The molecule has 0 aliphatic carbocycles. The number of nitrogens with one attached hydrogen (secondary N) is 1. The number of hydrogen-bond donors (Lipinski definition) is 1. The van der Waals surface area contributed by atoms with E-state index in [1.54, 1.807) is 12.1 Å². The normalized spacial score (nSPS) is 22.4. The van der Waals surface area contributed by atoms with Crippen molar-refractivity contribution in [2.24, 2.45) is 5.92 Å². The van der Waals surface area contributed by atoms with Gasteiger partial charge in [0, 0.05) is 18.2 Å². The Labute approximate surface area is 113 Å². The third-order valence-corrected chi connectivity index (χ3v) is 4.02. The molecular weight excluding hydrogens is 246 g/mol. The van der Waals surface area contributed by atoms with Gasteiger partial charge in [-0.15, -0.1) is 0 Å². The Morgan fingerprint density at radius 3 is 2.95 bits per heavy atom. The Kier molecular flexibility index (Phi) is 4.88. The SMILES string of the molecule is CNCC1CCCN(C(C)c2cccc(F)c2F)C1. The second-order valence-electron chi connectivity index (χ2n) is 5.38. The third-order valence-electron chi connectivity index (χ3n) is 4.02. The number of piperidine rings is 1. The lowest BCUT2D eigenvalue weighted by molar-refractivity contribution is 0.129. The van der Waals surface area contributed by atoms with Crippen molar-refractivity contribution in [3.05, 3.63) is 35.4 Å². The van der Waals surface area contributed by atoms with E-state index in [9.17, 15) is 8.78 Å². The topological polar surface area (TPSA) is 15.3 Å². The molecule has 0 aromatic heterocycles. The summed E-state index contributed by atoms with van der Waals surface area (Å²) < 4.78 is 27.1. The Balaban J connectivity index is 2.10. The molecule has 0 radical (unpaired) electrons. The minimum Gasteiger partial charge on any atom is -0.319 e.